The second-order valence-corrected chi connectivity index (χ2v) is 5.49. The number of benzene rings is 2. The number of fused-ring (bicyclic) bond motifs is 1. The highest BCUT2D eigenvalue weighted by molar-refractivity contribution is 5.91. The van der Waals surface area contributed by atoms with Crippen molar-refractivity contribution in [3.05, 3.63) is 60.8 Å². The van der Waals surface area contributed by atoms with Crippen LogP contribution >= 0.6 is 0 Å². The number of methoxy groups -OCH3 is 1. The summed E-state index contributed by atoms with van der Waals surface area (Å²) >= 11 is 0. The van der Waals surface area contributed by atoms with Crippen LogP contribution in [0.25, 0.3) is 16.6 Å². The lowest BCUT2D eigenvalue weighted by Crippen LogP contribution is -2.04. The second kappa shape index (κ2) is 5.69. The first-order valence-corrected chi connectivity index (χ1v) is 7.47. The Labute approximate surface area is 138 Å². The summed E-state index contributed by atoms with van der Waals surface area (Å²) in [5, 5.41) is 13.1. The van der Waals surface area contributed by atoms with Crippen molar-refractivity contribution < 1.29 is 4.74 Å². The summed E-state index contributed by atoms with van der Waals surface area (Å²) in [7, 11) is 1.66. The maximum Gasteiger partial charge on any atom is 0.123 e. The standard InChI is InChI=1S/C17H16N6O/c1-24-15-4-2-12(3-5-15)9-23-17-13(8-21-23)6-14(7-16(17)18)22-10-19-20-11-22/h2-8,10-11H,9,18H2,1H3. The van der Waals surface area contributed by atoms with Gasteiger partial charge in [0.15, 0.2) is 0 Å². The van der Waals surface area contributed by atoms with Crippen molar-refractivity contribution in [3.63, 3.8) is 0 Å². The molecule has 2 N–H and O–H groups in total. The van der Waals surface area contributed by atoms with Crippen molar-refractivity contribution in [1.29, 1.82) is 0 Å². The maximum atomic E-state index is 6.27. The molecular weight excluding hydrogens is 304 g/mol. The molecule has 0 atom stereocenters. The highest BCUT2D eigenvalue weighted by Gasteiger charge is 2.10. The van der Waals surface area contributed by atoms with Crippen molar-refractivity contribution in [2.24, 2.45) is 0 Å². The van der Waals surface area contributed by atoms with Crippen LogP contribution in [0.5, 0.6) is 5.75 Å². The molecule has 0 saturated heterocycles. The zero-order valence-corrected chi connectivity index (χ0v) is 13.1. The number of anilines is 1. The Bertz CT molecular complexity index is 972. The molecule has 2 aromatic carbocycles. The monoisotopic (exact) mass is 320 g/mol. The molecule has 0 spiro atoms. The molecule has 0 amide bonds. The number of hydrogen-bond acceptors (Lipinski definition) is 5. The van der Waals surface area contributed by atoms with Crippen molar-refractivity contribution in [3.8, 4) is 11.4 Å². The smallest absolute Gasteiger partial charge is 0.123 e. The first-order valence-electron chi connectivity index (χ1n) is 7.47. The lowest BCUT2D eigenvalue weighted by Gasteiger charge is -2.09. The summed E-state index contributed by atoms with van der Waals surface area (Å²) in [6, 6.07) is 11.8. The Morgan fingerprint density at radius 2 is 1.83 bits per heavy atom. The van der Waals surface area contributed by atoms with Gasteiger partial charge in [0.1, 0.15) is 18.4 Å². The molecule has 0 aliphatic carbocycles. The van der Waals surface area contributed by atoms with Crippen molar-refractivity contribution in [2.75, 3.05) is 12.8 Å². The van der Waals surface area contributed by atoms with E-state index in [1.807, 2.05) is 51.8 Å². The third kappa shape index (κ3) is 2.45. The number of nitrogens with two attached hydrogens (primary N) is 1. The van der Waals surface area contributed by atoms with Gasteiger partial charge in [-0.05, 0) is 29.8 Å². The number of aromatic nitrogens is 5. The average molecular weight is 320 g/mol. The van der Waals surface area contributed by atoms with Gasteiger partial charge >= 0.3 is 0 Å². The molecule has 24 heavy (non-hydrogen) atoms. The molecule has 0 unspecified atom stereocenters. The highest BCUT2D eigenvalue weighted by atomic mass is 16.5. The van der Waals surface area contributed by atoms with Crippen LogP contribution in [0.4, 0.5) is 5.69 Å². The van der Waals surface area contributed by atoms with Gasteiger partial charge in [0, 0.05) is 5.39 Å². The number of nitrogens with zero attached hydrogens (tertiary/aromatic N) is 5. The van der Waals surface area contributed by atoms with Crippen molar-refractivity contribution >= 4 is 16.6 Å². The summed E-state index contributed by atoms with van der Waals surface area (Å²) < 4.78 is 8.91. The van der Waals surface area contributed by atoms with Gasteiger partial charge in [0.05, 0.1) is 36.7 Å². The normalized spacial score (nSPS) is 11.0. The fraction of sp³-hybridized carbons (Fsp3) is 0.118. The van der Waals surface area contributed by atoms with Crippen LogP contribution < -0.4 is 10.5 Å². The van der Waals surface area contributed by atoms with Gasteiger partial charge in [0.2, 0.25) is 0 Å². The van der Waals surface area contributed by atoms with Crippen LogP contribution in [0.2, 0.25) is 0 Å². The molecule has 7 heteroatoms. The minimum absolute atomic E-state index is 0.643. The van der Waals surface area contributed by atoms with Crippen LogP contribution in [0.15, 0.2) is 55.2 Å². The first-order chi connectivity index (χ1) is 11.7. The molecule has 0 saturated carbocycles. The van der Waals surface area contributed by atoms with E-state index < -0.39 is 0 Å². The lowest BCUT2D eigenvalue weighted by molar-refractivity contribution is 0.414. The Morgan fingerprint density at radius 3 is 2.54 bits per heavy atom. The van der Waals surface area contributed by atoms with Gasteiger partial charge in [-0.25, -0.2) is 0 Å². The van der Waals surface area contributed by atoms with E-state index in [2.05, 4.69) is 15.3 Å². The van der Waals surface area contributed by atoms with Gasteiger partial charge < -0.3 is 10.5 Å². The SMILES string of the molecule is COc1ccc(Cn2ncc3cc(-n4cnnc4)cc(N)c32)cc1. The lowest BCUT2D eigenvalue weighted by atomic mass is 10.2. The third-order valence-corrected chi connectivity index (χ3v) is 3.96. The number of hydrogen-bond donors (Lipinski definition) is 1. The number of nitrogen functional groups attached to an aromatic ring is 1. The maximum absolute atomic E-state index is 6.27. The van der Waals surface area contributed by atoms with E-state index in [0.717, 1.165) is 27.9 Å². The van der Waals surface area contributed by atoms with Gasteiger partial charge in [-0.3, -0.25) is 9.25 Å². The molecule has 0 bridgehead atoms. The highest BCUT2D eigenvalue weighted by Crippen LogP contribution is 2.26. The molecule has 120 valence electrons. The van der Waals surface area contributed by atoms with Crippen LogP contribution in [0.1, 0.15) is 5.56 Å². The third-order valence-electron chi connectivity index (χ3n) is 3.96. The molecule has 2 aromatic heterocycles. The van der Waals surface area contributed by atoms with Crippen LogP contribution in [0, 0.1) is 0 Å². The molecule has 0 radical (unpaired) electrons. The van der Waals surface area contributed by atoms with Gasteiger partial charge in [-0.1, -0.05) is 12.1 Å². The Morgan fingerprint density at radius 1 is 1.08 bits per heavy atom. The summed E-state index contributed by atoms with van der Waals surface area (Å²) in [6.45, 7) is 0.643. The van der Waals surface area contributed by atoms with E-state index in [9.17, 15) is 0 Å². The summed E-state index contributed by atoms with van der Waals surface area (Å²) in [5.74, 6) is 0.835. The Balaban J connectivity index is 1.71. The number of ether oxygens (including phenoxy) is 1. The molecule has 0 aliphatic rings. The Kier molecular flexibility index (Phi) is 3.38. The number of rotatable bonds is 4. The summed E-state index contributed by atoms with van der Waals surface area (Å²) in [6.07, 6.45) is 5.11. The second-order valence-electron chi connectivity index (χ2n) is 5.49. The van der Waals surface area contributed by atoms with E-state index in [1.54, 1.807) is 19.8 Å². The molecule has 0 aliphatic heterocycles. The fourth-order valence-electron chi connectivity index (χ4n) is 2.76. The van der Waals surface area contributed by atoms with Crippen LogP contribution in [0.3, 0.4) is 0 Å². The predicted octanol–water partition coefficient (Wildman–Crippen LogP) is 2.26. The summed E-state index contributed by atoms with van der Waals surface area (Å²) in [4.78, 5) is 0. The minimum Gasteiger partial charge on any atom is -0.497 e. The molecular formula is C17H16N6O. The fourth-order valence-corrected chi connectivity index (χ4v) is 2.76. The van der Waals surface area contributed by atoms with Crippen molar-refractivity contribution in [1.82, 2.24) is 24.5 Å². The van der Waals surface area contributed by atoms with Crippen LogP contribution in [-0.2, 0) is 6.54 Å². The van der Waals surface area contributed by atoms with Gasteiger partial charge in [0.25, 0.3) is 0 Å². The predicted molar refractivity (Wildman–Crippen MR) is 91.2 cm³/mol. The zero-order valence-electron chi connectivity index (χ0n) is 13.1. The van der Waals surface area contributed by atoms with E-state index >= 15 is 0 Å². The van der Waals surface area contributed by atoms with E-state index in [4.69, 9.17) is 10.5 Å². The van der Waals surface area contributed by atoms with E-state index in [1.165, 1.54) is 0 Å². The van der Waals surface area contributed by atoms with E-state index in [0.29, 0.717) is 12.2 Å². The average Bonchev–Trinajstić information content (AvgIpc) is 3.26. The minimum atomic E-state index is 0.643. The molecule has 7 nitrogen and oxygen atoms in total. The topological polar surface area (TPSA) is 83.8 Å². The zero-order chi connectivity index (χ0) is 16.5. The largest absolute Gasteiger partial charge is 0.497 e. The molecule has 0 fully saturated rings. The quantitative estimate of drug-likeness (QED) is 0.583. The summed E-state index contributed by atoms with van der Waals surface area (Å²) in [5.41, 5.74) is 9.90. The molecule has 2 heterocycles. The van der Waals surface area contributed by atoms with Gasteiger partial charge in [-0.2, -0.15) is 5.10 Å². The first kappa shape index (κ1) is 14.3. The van der Waals surface area contributed by atoms with E-state index in [-0.39, 0.29) is 0 Å². The molecule has 4 rings (SSSR count). The molecule has 4 aromatic rings. The van der Waals surface area contributed by atoms with Crippen molar-refractivity contribution in [2.45, 2.75) is 6.54 Å². The van der Waals surface area contributed by atoms with Gasteiger partial charge in [-0.15, -0.1) is 10.2 Å². The van der Waals surface area contributed by atoms with Crippen LogP contribution in [-0.4, -0.2) is 31.7 Å². The Hall–Kier alpha value is -3.35.